The Morgan fingerprint density at radius 1 is 1.41 bits per heavy atom. The molecular weight excluding hydrogens is 307 g/mol. The van der Waals surface area contributed by atoms with Gasteiger partial charge in [0.05, 0.1) is 6.04 Å². The van der Waals surface area contributed by atoms with Gasteiger partial charge in [-0.1, -0.05) is 12.1 Å². The maximum atomic E-state index is 12.8. The molecule has 2 rings (SSSR count). The first-order chi connectivity index (χ1) is 10.5. The van der Waals surface area contributed by atoms with Crippen molar-refractivity contribution in [1.82, 2.24) is 20.5 Å². The number of thioether (sulfide) groups is 1. The van der Waals surface area contributed by atoms with Crippen molar-refractivity contribution in [2.45, 2.75) is 25.1 Å². The molecule has 0 spiro atoms. The molecule has 0 aliphatic rings. The molecule has 1 amide bonds. The highest BCUT2D eigenvalue weighted by molar-refractivity contribution is 7.98. The number of amides is 1. The average molecular weight is 324 g/mol. The molecule has 0 radical (unpaired) electrons. The van der Waals surface area contributed by atoms with Gasteiger partial charge in [0.15, 0.2) is 5.82 Å². The van der Waals surface area contributed by atoms with Crippen molar-refractivity contribution in [3.05, 3.63) is 52.0 Å². The standard InChI is InChI=1S/C14H17FN4O2S/c1-9(13-17-14(21)19-18-13)16-12(20)6-7-22-8-10-2-4-11(15)5-3-10/h2-5,9H,6-8H2,1H3,(H,16,20)(H2,17,18,19,21)/t9-/m0/s1. The van der Waals surface area contributed by atoms with Gasteiger partial charge < -0.3 is 5.32 Å². The molecule has 0 aliphatic carbocycles. The quantitative estimate of drug-likeness (QED) is 0.677. The van der Waals surface area contributed by atoms with E-state index in [1.807, 2.05) is 0 Å². The lowest BCUT2D eigenvalue weighted by atomic mass is 10.2. The molecular formula is C14H17FN4O2S. The van der Waals surface area contributed by atoms with E-state index in [4.69, 9.17) is 0 Å². The van der Waals surface area contributed by atoms with Gasteiger partial charge in [0.25, 0.3) is 0 Å². The summed E-state index contributed by atoms with van der Waals surface area (Å²) in [6.07, 6.45) is 0.366. The molecule has 3 N–H and O–H groups in total. The largest absolute Gasteiger partial charge is 0.346 e. The first-order valence-electron chi connectivity index (χ1n) is 6.80. The van der Waals surface area contributed by atoms with Crippen molar-refractivity contribution in [2.24, 2.45) is 0 Å². The maximum absolute atomic E-state index is 12.8. The van der Waals surface area contributed by atoms with Crippen LogP contribution in [0.3, 0.4) is 0 Å². The van der Waals surface area contributed by atoms with Crippen LogP contribution in [0.5, 0.6) is 0 Å². The molecule has 2 aromatic rings. The molecule has 8 heteroatoms. The zero-order chi connectivity index (χ0) is 15.9. The number of carbonyl (C=O) groups excluding carboxylic acids is 1. The Balaban J connectivity index is 1.67. The van der Waals surface area contributed by atoms with Crippen molar-refractivity contribution in [1.29, 1.82) is 0 Å². The maximum Gasteiger partial charge on any atom is 0.340 e. The molecule has 0 fully saturated rings. The highest BCUT2D eigenvalue weighted by Gasteiger charge is 2.12. The number of rotatable bonds is 7. The number of aromatic nitrogens is 3. The van der Waals surface area contributed by atoms with E-state index >= 15 is 0 Å². The molecule has 1 aromatic carbocycles. The SMILES string of the molecule is C[C@H](NC(=O)CCSCc1ccc(F)cc1)c1n[nH]c(=O)[nH]1. The number of carbonyl (C=O) groups is 1. The van der Waals surface area contributed by atoms with Crippen molar-refractivity contribution in [3.8, 4) is 0 Å². The fraction of sp³-hybridized carbons (Fsp3) is 0.357. The van der Waals surface area contributed by atoms with Crippen LogP contribution < -0.4 is 11.0 Å². The van der Waals surface area contributed by atoms with Crippen LogP contribution in [0.2, 0.25) is 0 Å². The summed E-state index contributed by atoms with van der Waals surface area (Å²) < 4.78 is 12.8. The number of aromatic amines is 2. The second-order valence-electron chi connectivity index (χ2n) is 4.78. The molecule has 1 heterocycles. The first kappa shape index (κ1) is 16.3. The Bertz CT molecular complexity index is 668. The number of nitrogens with zero attached hydrogens (tertiary/aromatic N) is 1. The van der Waals surface area contributed by atoms with Crippen molar-refractivity contribution in [3.63, 3.8) is 0 Å². The van der Waals surface area contributed by atoms with Crippen LogP contribution in [0.15, 0.2) is 29.1 Å². The van der Waals surface area contributed by atoms with Crippen LogP contribution in [0.1, 0.15) is 30.8 Å². The molecule has 118 valence electrons. The number of nitrogens with one attached hydrogen (secondary N) is 3. The third-order valence-corrected chi connectivity index (χ3v) is 3.99. The third-order valence-electron chi connectivity index (χ3n) is 2.96. The van der Waals surface area contributed by atoms with Gasteiger partial charge in [0.2, 0.25) is 5.91 Å². The summed E-state index contributed by atoms with van der Waals surface area (Å²) in [7, 11) is 0. The lowest BCUT2D eigenvalue weighted by molar-refractivity contribution is -0.121. The van der Waals surface area contributed by atoms with E-state index in [-0.39, 0.29) is 17.8 Å². The summed E-state index contributed by atoms with van der Waals surface area (Å²) in [6, 6.07) is 5.97. The highest BCUT2D eigenvalue weighted by atomic mass is 32.2. The smallest absolute Gasteiger partial charge is 0.340 e. The first-order valence-corrected chi connectivity index (χ1v) is 7.96. The second kappa shape index (κ2) is 7.79. The van der Waals surface area contributed by atoms with Crippen LogP contribution in [-0.2, 0) is 10.5 Å². The lowest BCUT2D eigenvalue weighted by Gasteiger charge is -2.10. The topological polar surface area (TPSA) is 90.6 Å². The minimum Gasteiger partial charge on any atom is -0.346 e. The fourth-order valence-corrected chi connectivity index (χ4v) is 2.71. The zero-order valence-corrected chi connectivity index (χ0v) is 12.9. The van der Waals surface area contributed by atoms with Gasteiger partial charge in [-0.3, -0.25) is 9.78 Å². The number of benzene rings is 1. The molecule has 0 aliphatic heterocycles. The molecule has 0 unspecified atom stereocenters. The number of halogens is 1. The lowest BCUT2D eigenvalue weighted by Crippen LogP contribution is -2.27. The van der Waals surface area contributed by atoms with Crippen molar-refractivity contribution < 1.29 is 9.18 Å². The van der Waals surface area contributed by atoms with Crippen LogP contribution >= 0.6 is 11.8 Å². The molecule has 1 aromatic heterocycles. The summed E-state index contributed by atoms with van der Waals surface area (Å²) in [5.41, 5.74) is 0.625. The van der Waals surface area contributed by atoms with Crippen LogP contribution in [0.25, 0.3) is 0 Å². The van der Waals surface area contributed by atoms with Gasteiger partial charge in [0.1, 0.15) is 5.82 Å². The zero-order valence-electron chi connectivity index (χ0n) is 12.1. The predicted octanol–water partition coefficient (Wildman–Crippen LogP) is 1.74. The van der Waals surface area contributed by atoms with Crippen molar-refractivity contribution >= 4 is 17.7 Å². The van der Waals surface area contributed by atoms with E-state index in [0.29, 0.717) is 18.0 Å². The minimum atomic E-state index is -0.397. The van der Waals surface area contributed by atoms with Gasteiger partial charge in [-0.15, -0.1) is 0 Å². The minimum absolute atomic E-state index is 0.108. The second-order valence-corrected chi connectivity index (χ2v) is 5.89. The average Bonchev–Trinajstić information content (AvgIpc) is 2.92. The summed E-state index contributed by atoms with van der Waals surface area (Å²) in [6.45, 7) is 1.75. The molecule has 0 saturated heterocycles. The Hall–Kier alpha value is -2.09. The van der Waals surface area contributed by atoms with Gasteiger partial charge in [0, 0.05) is 17.9 Å². The monoisotopic (exact) mass is 324 g/mol. The Kier molecular flexibility index (Phi) is 5.76. The fourth-order valence-electron chi connectivity index (χ4n) is 1.81. The molecule has 0 saturated carbocycles. The number of hydrogen-bond donors (Lipinski definition) is 3. The normalized spacial score (nSPS) is 12.1. The summed E-state index contributed by atoms with van der Waals surface area (Å²) in [5, 5.41) is 8.78. The predicted molar refractivity (Wildman–Crippen MR) is 82.9 cm³/mol. The van der Waals surface area contributed by atoms with Crippen LogP contribution in [0, 0.1) is 5.82 Å². The summed E-state index contributed by atoms with van der Waals surface area (Å²) >= 11 is 1.60. The van der Waals surface area contributed by atoms with E-state index in [2.05, 4.69) is 20.5 Å². The van der Waals surface area contributed by atoms with E-state index in [1.54, 1.807) is 30.8 Å². The van der Waals surface area contributed by atoms with Gasteiger partial charge in [-0.05, 0) is 24.6 Å². The summed E-state index contributed by atoms with van der Waals surface area (Å²) in [5.74, 6) is 1.43. The Labute approximate surface area is 130 Å². The van der Waals surface area contributed by atoms with Gasteiger partial charge in [-0.2, -0.15) is 16.9 Å². The van der Waals surface area contributed by atoms with Crippen molar-refractivity contribution in [2.75, 3.05) is 5.75 Å². The number of H-pyrrole nitrogens is 2. The van der Waals surface area contributed by atoms with E-state index < -0.39 is 5.69 Å². The van der Waals surface area contributed by atoms with Gasteiger partial charge >= 0.3 is 5.69 Å². The van der Waals surface area contributed by atoms with Crippen LogP contribution in [-0.4, -0.2) is 26.8 Å². The Morgan fingerprint density at radius 2 is 2.14 bits per heavy atom. The third kappa shape index (κ3) is 5.03. The summed E-state index contributed by atoms with van der Waals surface area (Å²) in [4.78, 5) is 25.2. The highest BCUT2D eigenvalue weighted by Crippen LogP contribution is 2.14. The van der Waals surface area contributed by atoms with Crippen LogP contribution in [0.4, 0.5) is 4.39 Å². The van der Waals surface area contributed by atoms with E-state index in [1.165, 1.54) is 12.1 Å². The molecule has 6 nitrogen and oxygen atoms in total. The Morgan fingerprint density at radius 3 is 2.77 bits per heavy atom. The molecule has 22 heavy (non-hydrogen) atoms. The van der Waals surface area contributed by atoms with E-state index in [9.17, 15) is 14.0 Å². The molecule has 1 atom stereocenters. The number of hydrogen-bond acceptors (Lipinski definition) is 4. The van der Waals surface area contributed by atoms with Gasteiger partial charge in [-0.25, -0.2) is 14.3 Å². The molecule has 0 bridgehead atoms. The van der Waals surface area contributed by atoms with E-state index in [0.717, 1.165) is 11.3 Å².